The van der Waals surface area contributed by atoms with Crippen molar-refractivity contribution in [3.05, 3.63) is 35.5 Å². The first-order valence-electron chi connectivity index (χ1n) is 8.60. The van der Waals surface area contributed by atoms with E-state index in [9.17, 15) is 35.9 Å². The van der Waals surface area contributed by atoms with Gasteiger partial charge in [0, 0.05) is 12.0 Å². The van der Waals surface area contributed by atoms with Crippen molar-refractivity contribution in [1.82, 2.24) is 0 Å². The Balaban J connectivity index is 2.37. The Morgan fingerprint density at radius 2 is 1.52 bits per heavy atom. The second-order valence-corrected chi connectivity index (χ2v) is 7.90. The number of ether oxygens (including phenoxy) is 2. The van der Waals surface area contributed by atoms with Crippen molar-refractivity contribution in [2.24, 2.45) is 5.41 Å². The summed E-state index contributed by atoms with van der Waals surface area (Å²) < 4.78 is 86.1. The van der Waals surface area contributed by atoms with Crippen LogP contribution in [0.25, 0.3) is 0 Å². The fourth-order valence-electron chi connectivity index (χ4n) is 3.51. The number of esters is 2. The minimum Gasteiger partial charge on any atom is -0.452 e. The van der Waals surface area contributed by atoms with Gasteiger partial charge in [0.1, 0.15) is 5.60 Å². The lowest BCUT2D eigenvalue weighted by Crippen LogP contribution is -2.49. The van der Waals surface area contributed by atoms with Crippen LogP contribution in [0, 0.1) is 5.41 Å². The Kier molecular flexibility index (Phi) is 5.73. The Morgan fingerprint density at radius 3 is 1.97 bits per heavy atom. The highest BCUT2D eigenvalue weighted by Crippen LogP contribution is 2.47. The predicted molar refractivity (Wildman–Crippen MR) is 89.4 cm³/mol. The normalized spacial score (nSPS) is 27.1. The lowest BCUT2D eigenvalue weighted by molar-refractivity contribution is -0.315. The molecule has 3 aliphatic rings. The first-order chi connectivity index (χ1) is 13.0. The standard InChI is InChI=1S/C19H20F6O4/c1-10(2)13(26)29-17(4)8-12-5-11(6-12)7-16(3,9-17)15(27)28-14(18(20,21)22)19(23,24)25/h7-8,14H,1,5-6,9H2,2-4H3. The molecule has 3 aliphatic carbocycles. The van der Waals surface area contributed by atoms with Gasteiger partial charge in [-0.15, -0.1) is 0 Å². The predicted octanol–water partition coefficient (Wildman–Crippen LogP) is 4.96. The van der Waals surface area contributed by atoms with Crippen molar-refractivity contribution in [2.75, 3.05) is 0 Å². The number of hydrogen-bond acceptors (Lipinski definition) is 4. The van der Waals surface area contributed by atoms with Crippen LogP contribution in [0.4, 0.5) is 26.3 Å². The van der Waals surface area contributed by atoms with Gasteiger partial charge >= 0.3 is 24.3 Å². The van der Waals surface area contributed by atoms with Crippen LogP contribution in [-0.2, 0) is 19.1 Å². The molecule has 10 heteroatoms. The average Bonchev–Trinajstić information content (AvgIpc) is 2.45. The van der Waals surface area contributed by atoms with Crippen LogP contribution in [0.2, 0.25) is 0 Å². The van der Waals surface area contributed by atoms with Crippen LogP contribution in [0.3, 0.4) is 0 Å². The number of allylic oxidation sites excluding steroid dienone is 2. The third kappa shape index (κ3) is 5.22. The smallest absolute Gasteiger partial charge is 0.434 e. The van der Waals surface area contributed by atoms with Crippen molar-refractivity contribution in [3.63, 3.8) is 0 Å². The lowest BCUT2D eigenvalue weighted by atomic mass is 9.69. The molecular formula is C19H20F6O4. The largest absolute Gasteiger partial charge is 0.452 e. The summed E-state index contributed by atoms with van der Waals surface area (Å²) in [5.41, 5.74) is -1.72. The highest BCUT2D eigenvalue weighted by Gasteiger charge is 2.61. The van der Waals surface area contributed by atoms with E-state index in [0.717, 1.165) is 12.5 Å². The van der Waals surface area contributed by atoms with Crippen molar-refractivity contribution in [3.8, 4) is 0 Å². The molecule has 0 heterocycles. The number of carbonyl (C=O) groups is 2. The molecule has 1 fully saturated rings. The number of alkyl halides is 6. The van der Waals surface area contributed by atoms with Crippen molar-refractivity contribution in [1.29, 1.82) is 0 Å². The van der Waals surface area contributed by atoms with E-state index in [1.54, 1.807) is 6.08 Å². The zero-order valence-corrected chi connectivity index (χ0v) is 16.0. The number of carbonyl (C=O) groups excluding carboxylic acids is 2. The molecule has 0 aliphatic heterocycles. The maximum atomic E-state index is 12.8. The molecule has 1 saturated carbocycles. The Hall–Kier alpha value is -2.26. The molecule has 162 valence electrons. The Bertz CT molecular complexity index is 768. The van der Waals surface area contributed by atoms with E-state index in [4.69, 9.17) is 4.74 Å². The average molecular weight is 426 g/mol. The molecule has 0 aromatic heterocycles. The van der Waals surface area contributed by atoms with Gasteiger partial charge in [-0.25, -0.2) is 4.79 Å². The molecule has 0 aromatic carbocycles. The summed E-state index contributed by atoms with van der Waals surface area (Å²) in [4.78, 5) is 24.5. The molecule has 0 saturated heterocycles. The molecule has 4 nitrogen and oxygen atoms in total. The summed E-state index contributed by atoms with van der Waals surface area (Å²) in [6, 6.07) is 0. The van der Waals surface area contributed by atoms with Gasteiger partial charge in [-0.2, -0.15) is 26.3 Å². The van der Waals surface area contributed by atoms with Gasteiger partial charge in [-0.3, -0.25) is 4.79 Å². The van der Waals surface area contributed by atoms with Crippen LogP contribution < -0.4 is 0 Å². The van der Waals surface area contributed by atoms with Crippen molar-refractivity contribution < 1.29 is 45.4 Å². The second kappa shape index (κ2) is 7.21. The maximum Gasteiger partial charge on any atom is 0.434 e. The summed E-state index contributed by atoms with van der Waals surface area (Å²) >= 11 is 0. The topological polar surface area (TPSA) is 52.6 Å². The van der Waals surface area contributed by atoms with Gasteiger partial charge in [0.15, 0.2) is 0 Å². The first-order valence-corrected chi connectivity index (χ1v) is 8.60. The molecule has 2 unspecified atom stereocenters. The summed E-state index contributed by atoms with van der Waals surface area (Å²) in [5, 5.41) is 0. The van der Waals surface area contributed by atoms with Gasteiger partial charge in [-0.05, 0) is 39.7 Å². The van der Waals surface area contributed by atoms with Gasteiger partial charge in [0.05, 0.1) is 5.41 Å². The molecule has 2 bridgehead atoms. The molecule has 29 heavy (non-hydrogen) atoms. The minimum atomic E-state index is -5.82. The molecule has 0 amide bonds. The molecular weight excluding hydrogens is 406 g/mol. The third-order valence-corrected chi connectivity index (χ3v) is 4.62. The fraction of sp³-hybridized carbons (Fsp3) is 0.579. The molecule has 0 spiro atoms. The molecule has 2 atom stereocenters. The van der Waals surface area contributed by atoms with Crippen molar-refractivity contribution in [2.45, 2.75) is 64.1 Å². The summed E-state index contributed by atoms with van der Waals surface area (Å²) in [6.07, 6.45) is -12.6. The Labute approximate surface area is 163 Å². The summed E-state index contributed by atoms with van der Waals surface area (Å²) in [6.45, 7) is 7.41. The van der Waals surface area contributed by atoms with Crippen LogP contribution in [0.5, 0.6) is 0 Å². The molecule has 0 aromatic rings. The summed E-state index contributed by atoms with van der Waals surface area (Å²) in [5.74, 6) is -2.50. The van der Waals surface area contributed by atoms with E-state index in [0.29, 0.717) is 18.4 Å². The molecule has 0 radical (unpaired) electrons. The van der Waals surface area contributed by atoms with Crippen LogP contribution >= 0.6 is 0 Å². The molecule has 3 rings (SSSR count). The van der Waals surface area contributed by atoms with Gasteiger partial charge in [0.2, 0.25) is 0 Å². The maximum absolute atomic E-state index is 12.8. The van der Waals surface area contributed by atoms with Crippen LogP contribution in [0.15, 0.2) is 35.5 Å². The quantitative estimate of drug-likeness (QED) is 0.276. The van der Waals surface area contributed by atoms with Crippen LogP contribution in [0.1, 0.15) is 40.0 Å². The first kappa shape index (κ1) is 23.0. The van der Waals surface area contributed by atoms with Crippen LogP contribution in [-0.4, -0.2) is 36.0 Å². The summed E-state index contributed by atoms with van der Waals surface area (Å²) in [7, 11) is 0. The highest BCUT2D eigenvalue weighted by molar-refractivity contribution is 5.87. The minimum absolute atomic E-state index is 0.0509. The number of hydrogen-bond donors (Lipinski definition) is 0. The second-order valence-electron chi connectivity index (χ2n) is 7.90. The lowest BCUT2D eigenvalue weighted by Gasteiger charge is -2.40. The van der Waals surface area contributed by atoms with Crippen molar-refractivity contribution >= 4 is 11.9 Å². The van der Waals surface area contributed by atoms with E-state index < -0.39 is 47.8 Å². The SMILES string of the molecule is C=C(C)C(=O)OC1(C)C=C2CC(=CC(C)(C(=O)OC(C(F)(F)F)C(F)(F)F)C1)C2. The van der Waals surface area contributed by atoms with Gasteiger partial charge in [-0.1, -0.05) is 23.8 Å². The number of rotatable bonds is 4. The fourth-order valence-corrected chi connectivity index (χ4v) is 3.51. The van der Waals surface area contributed by atoms with E-state index in [1.807, 2.05) is 0 Å². The van der Waals surface area contributed by atoms with E-state index in [1.165, 1.54) is 19.9 Å². The number of fused-ring (bicyclic) bond motifs is 4. The number of halogens is 6. The molecule has 0 N–H and O–H groups in total. The van der Waals surface area contributed by atoms with E-state index >= 15 is 0 Å². The van der Waals surface area contributed by atoms with Gasteiger partial charge in [0.25, 0.3) is 6.10 Å². The monoisotopic (exact) mass is 426 g/mol. The third-order valence-electron chi connectivity index (χ3n) is 4.62. The van der Waals surface area contributed by atoms with Gasteiger partial charge < -0.3 is 9.47 Å². The van der Waals surface area contributed by atoms with E-state index in [-0.39, 0.29) is 5.57 Å². The zero-order chi connectivity index (χ0) is 22.4. The highest BCUT2D eigenvalue weighted by atomic mass is 19.4. The van der Waals surface area contributed by atoms with E-state index in [2.05, 4.69) is 11.3 Å². The Morgan fingerprint density at radius 1 is 1.03 bits per heavy atom. The zero-order valence-electron chi connectivity index (χ0n) is 16.0.